The van der Waals surface area contributed by atoms with E-state index in [1.54, 1.807) is 6.92 Å². The van der Waals surface area contributed by atoms with Gasteiger partial charge < -0.3 is 35.3 Å². The van der Waals surface area contributed by atoms with Crippen LogP contribution in [-0.4, -0.2) is 90.2 Å². The number of ether oxygens (including phenoxy) is 2. The van der Waals surface area contributed by atoms with Gasteiger partial charge in [0.1, 0.15) is 4.88 Å². The molecule has 39 heavy (non-hydrogen) atoms. The highest BCUT2D eigenvalue weighted by Gasteiger charge is 2.35. The van der Waals surface area contributed by atoms with E-state index in [1.165, 1.54) is 6.92 Å². The van der Waals surface area contributed by atoms with Crippen LogP contribution in [0.25, 0.3) is 0 Å². The van der Waals surface area contributed by atoms with Crippen molar-refractivity contribution in [3.8, 4) is 0 Å². The Labute approximate surface area is 235 Å². The van der Waals surface area contributed by atoms with E-state index in [-0.39, 0.29) is 65.2 Å². The van der Waals surface area contributed by atoms with Crippen LogP contribution in [0.3, 0.4) is 0 Å². The molecule has 1 aliphatic rings. The van der Waals surface area contributed by atoms with Gasteiger partial charge in [0, 0.05) is 39.7 Å². The molecule has 2 aromatic heterocycles. The number of nitrogens with zero attached hydrogens (tertiary/aromatic N) is 3. The van der Waals surface area contributed by atoms with Gasteiger partial charge in [0.05, 0.1) is 24.4 Å². The highest BCUT2D eigenvalue weighted by Crippen LogP contribution is 2.30. The molecule has 0 radical (unpaired) electrons. The minimum absolute atomic E-state index is 0.0407. The van der Waals surface area contributed by atoms with Crippen molar-refractivity contribution >= 4 is 51.8 Å². The number of aromatic amines is 1. The molecule has 3 rings (SSSR count). The van der Waals surface area contributed by atoms with Crippen molar-refractivity contribution in [2.45, 2.75) is 52.7 Å². The van der Waals surface area contributed by atoms with Gasteiger partial charge in [0.25, 0.3) is 11.8 Å². The number of halogens is 1. The molecular formula is C24H34ClN7O6S. The van der Waals surface area contributed by atoms with Gasteiger partial charge in [-0.3, -0.25) is 14.4 Å². The van der Waals surface area contributed by atoms with Gasteiger partial charge in [-0.2, -0.15) is 0 Å². The van der Waals surface area contributed by atoms with Crippen LogP contribution in [0.15, 0.2) is 0 Å². The SMILES string of the molecule is CCOC(=O)c1sc(N2CC[C@H](NC(=O)c3nc(Cl)c(CC)[nH]3)[C@H](OCC)C2)nc1C(=O)NCCNC(C)=O. The number of piperidine rings is 1. The summed E-state index contributed by atoms with van der Waals surface area (Å²) in [6.45, 7) is 8.68. The summed E-state index contributed by atoms with van der Waals surface area (Å²) >= 11 is 7.15. The molecule has 15 heteroatoms. The predicted molar refractivity (Wildman–Crippen MR) is 146 cm³/mol. The van der Waals surface area contributed by atoms with E-state index in [0.717, 1.165) is 11.3 Å². The summed E-state index contributed by atoms with van der Waals surface area (Å²) in [6.07, 6.45) is 0.766. The van der Waals surface area contributed by atoms with Crippen LogP contribution < -0.4 is 20.9 Å². The summed E-state index contributed by atoms with van der Waals surface area (Å²) in [6, 6.07) is -0.302. The maximum atomic E-state index is 12.8. The van der Waals surface area contributed by atoms with Crippen LogP contribution in [0.2, 0.25) is 5.15 Å². The highest BCUT2D eigenvalue weighted by atomic mass is 35.5. The van der Waals surface area contributed by atoms with Crippen molar-refractivity contribution in [3.63, 3.8) is 0 Å². The number of imidazole rings is 1. The molecule has 3 amide bonds. The zero-order valence-corrected chi connectivity index (χ0v) is 24.0. The van der Waals surface area contributed by atoms with Crippen LogP contribution in [0.4, 0.5) is 5.13 Å². The fraction of sp³-hybridized carbons (Fsp3) is 0.583. The first-order valence-corrected chi connectivity index (χ1v) is 14.0. The molecule has 214 valence electrons. The lowest BCUT2D eigenvalue weighted by molar-refractivity contribution is -0.118. The Balaban J connectivity index is 1.74. The molecule has 3 heterocycles. The normalized spacial score (nSPS) is 17.0. The number of H-pyrrole nitrogens is 1. The number of rotatable bonds is 12. The van der Waals surface area contributed by atoms with Crippen LogP contribution in [-0.2, 0) is 20.7 Å². The summed E-state index contributed by atoms with van der Waals surface area (Å²) < 4.78 is 11.1. The summed E-state index contributed by atoms with van der Waals surface area (Å²) in [7, 11) is 0. The second kappa shape index (κ2) is 14.2. The predicted octanol–water partition coefficient (Wildman–Crippen LogP) is 1.54. The van der Waals surface area contributed by atoms with Crippen molar-refractivity contribution in [3.05, 3.63) is 27.2 Å². The molecule has 0 aromatic carbocycles. The minimum Gasteiger partial charge on any atom is -0.462 e. The Bertz CT molecular complexity index is 1190. The zero-order chi connectivity index (χ0) is 28.5. The molecule has 2 aromatic rings. The van der Waals surface area contributed by atoms with Crippen LogP contribution in [0, 0.1) is 0 Å². The Morgan fingerprint density at radius 3 is 2.49 bits per heavy atom. The van der Waals surface area contributed by atoms with Gasteiger partial charge in [-0.1, -0.05) is 29.9 Å². The van der Waals surface area contributed by atoms with E-state index in [9.17, 15) is 19.2 Å². The molecule has 0 spiro atoms. The van der Waals surface area contributed by atoms with E-state index in [1.807, 2.05) is 18.7 Å². The van der Waals surface area contributed by atoms with Crippen molar-refractivity contribution in [2.75, 3.05) is 44.3 Å². The molecule has 4 N–H and O–H groups in total. The van der Waals surface area contributed by atoms with E-state index in [0.29, 0.717) is 43.4 Å². The van der Waals surface area contributed by atoms with Gasteiger partial charge in [0.2, 0.25) is 5.91 Å². The topological polar surface area (TPSA) is 168 Å². The molecular weight excluding hydrogens is 550 g/mol. The van der Waals surface area contributed by atoms with Crippen molar-refractivity contribution in [2.24, 2.45) is 0 Å². The van der Waals surface area contributed by atoms with E-state index < -0.39 is 11.9 Å². The van der Waals surface area contributed by atoms with Crippen molar-refractivity contribution in [1.29, 1.82) is 0 Å². The first-order chi connectivity index (χ1) is 18.7. The summed E-state index contributed by atoms with van der Waals surface area (Å²) in [5, 5.41) is 8.98. The molecule has 13 nitrogen and oxygen atoms in total. The van der Waals surface area contributed by atoms with Crippen molar-refractivity contribution in [1.82, 2.24) is 30.9 Å². The smallest absolute Gasteiger partial charge is 0.350 e. The maximum Gasteiger partial charge on any atom is 0.350 e. The average Bonchev–Trinajstić information content (AvgIpc) is 3.52. The number of hydrogen-bond acceptors (Lipinski definition) is 10. The lowest BCUT2D eigenvalue weighted by atomic mass is 10.0. The number of amides is 3. The van der Waals surface area contributed by atoms with E-state index >= 15 is 0 Å². The number of aryl methyl sites for hydroxylation is 1. The highest BCUT2D eigenvalue weighted by molar-refractivity contribution is 7.17. The molecule has 1 aliphatic heterocycles. The average molecular weight is 584 g/mol. The first-order valence-electron chi connectivity index (χ1n) is 12.8. The number of nitrogens with one attached hydrogen (secondary N) is 4. The zero-order valence-electron chi connectivity index (χ0n) is 22.4. The third kappa shape index (κ3) is 7.90. The molecule has 1 fully saturated rings. The molecule has 0 saturated carbocycles. The molecule has 0 unspecified atom stereocenters. The number of carbonyl (C=O) groups excluding carboxylic acids is 4. The monoisotopic (exact) mass is 583 g/mol. The summed E-state index contributed by atoms with van der Waals surface area (Å²) in [5.41, 5.74) is 0.648. The molecule has 0 bridgehead atoms. The van der Waals surface area contributed by atoms with Crippen LogP contribution in [0.1, 0.15) is 70.6 Å². The van der Waals surface area contributed by atoms with Crippen LogP contribution in [0.5, 0.6) is 0 Å². The third-order valence-corrected chi connectivity index (χ3v) is 7.31. The summed E-state index contributed by atoms with van der Waals surface area (Å²) in [4.78, 5) is 62.9. The maximum absolute atomic E-state index is 12.8. The van der Waals surface area contributed by atoms with Gasteiger partial charge >= 0.3 is 5.97 Å². The number of anilines is 1. The third-order valence-electron chi connectivity index (χ3n) is 5.90. The standard InChI is InChI=1S/C24H34ClN7O6S/c1-5-14-19(25)31-20(28-14)22(35)29-15-8-11-32(12-16(15)37-6-2)24-30-17(18(39-24)23(36)38-7-3)21(34)27-10-9-26-13(4)33/h15-16H,5-12H2,1-4H3,(H,26,33)(H,27,34)(H,28,31)(H,29,35)/t15-,16+/m0/s1. The fourth-order valence-electron chi connectivity index (χ4n) is 4.04. The number of aromatic nitrogens is 3. The number of carbonyl (C=O) groups is 4. The lowest BCUT2D eigenvalue weighted by Gasteiger charge is -2.38. The molecule has 1 saturated heterocycles. The lowest BCUT2D eigenvalue weighted by Crippen LogP contribution is -2.55. The van der Waals surface area contributed by atoms with Crippen LogP contribution >= 0.6 is 22.9 Å². The van der Waals surface area contributed by atoms with E-state index in [4.69, 9.17) is 21.1 Å². The number of hydrogen-bond donors (Lipinski definition) is 4. The fourth-order valence-corrected chi connectivity index (χ4v) is 5.29. The first kappa shape index (κ1) is 30.3. The second-order valence-electron chi connectivity index (χ2n) is 8.65. The van der Waals surface area contributed by atoms with Gasteiger partial charge in [-0.05, 0) is 26.7 Å². The molecule has 2 atom stereocenters. The Morgan fingerprint density at radius 1 is 1.10 bits per heavy atom. The quantitative estimate of drug-likeness (QED) is 0.214. The minimum atomic E-state index is -0.639. The largest absolute Gasteiger partial charge is 0.462 e. The number of esters is 1. The summed E-state index contributed by atoms with van der Waals surface area (Å²) in [5.74, 6) is -1.63. The second-order valence-corrected chi connectivity index (χ2v) is 9.99. The number of thiazole rings is 1. The van der Waals surface area contributed by atoms with Gasteiger partial charge in [-0.15, -0.1) is 0 Å². The Morgan fingerprint density at radius 2 is 1.85 bits per heavy atom. The Hall–Kier alpha value is -3.23. The van der Waals surface area contributed by atoms with Crippen molar-refractivity contribution < 1.29 is 28.7 Å². The van der Waals surface area contributed by atoms with Gasteiger partial charge in [-0.25, -0.2) is 14.8 Å². The Kier molecular flexibility index (Phi) is 11.1. The van der Waals surface area contributed by atoms with E-state index in [2.05, 4.69) is 30.9 Å². The molecule has 0 aliphatic carbocycles. The van der Waals surface area contributed by atoms with Gasteiger partial charge in [0.15, 0.2) is 21.8 Å².